The largest absolute Gasteiger partial charge is 0.396 e. The molecule has 112 valence electrons. The molecule has 0 aromatic heterocycles. The van der Waals surface area contributed by atoms with Gasteiger partial charge in [0.25, 0.3) is 0 Å². The van der Waals surface area contributed by atoms with Crippen molar-refractivity contribution in [3.8, 4) is 0 Å². The topological polar surface area (TPSA) is 20.2 Å². The van der Waals surface area contributed by atoms with Gasteiger partial charge in [-0.05, 0) is 23.6 Å². The second-order valence-corrected chi connectivity index (χ2v) is 7.12. The maximum Gasteiger partial charge on any atom is 0.310 e. The number of halogens is 5. The molecule has 0 amide bonds. The smallest absolute Gasteiger partial charge is 0.310 e. The summed E-state index contributed by atoms with van der Waals surface area (Å²) in [4.78, 5) is -1.90. The van der Waals surface area contributed by atoms with E-state index in [9.17, 15) is 24.5 Å². The summed E-state index contributed by atoms with van der Waals surface area (Å²) in [6.45, 7) is 3.50. The average Bonchev–Trinajstić information content (AvgIpc) is 2.27. The summed E-state index contributed by atoms with van der Waals surface area (Å²) in [7, 11) is -9.60. The lowest BCUT2D eigenvalue weighted by atomic mass is 9.86. The van der Waals surface area contributed by atoms with Gasteiger partial charge in [-0.3, -0.25) is 0 Å². The molecule has 0 saturated carbocycles. The van der Waals surface area contributed by atoms with Gasteiger partial charge in [-0.2, -0.15) is 0 Å². The van der Waals surface area contributed by atoms with Crippen molar-refractivity contribution in [3.05, 3.63) is 29.8 Å². The van der Waals surface area contributed by atoms with Crippen LogP contribution in [0.2, 0.25) is 0 Å². The maximum absolute atomic E-state index is 12.5. The van der Waals surface area contributed by atoms with Crippen molar-refractivity contribution in [3.63, 3.8) is 0 Å². The summed E-state index contributed by atoms with van der Waals surface area (Å²) in [5.41, 5.74) is 0.433. The maximum atomic E-state index is 12.5. The molecule has 1 rings (SSSR count). The van der Waals surface area contributed by atoms with Gasteiger partial charge < -0.3 is 5.11 Å². The van der Waals surface area contributed by atoms with Crippen LogP contribution in [0.3, 0.4) is 0 Å². The molecule has 2 unspecified atom stereocenters. The number of rotatable bonds is 5. The standard InChI is InChI=1S/C12H17F5OS/c1-3-9(2)12(8-18)10-4-6-11(7-5-10)19(13,14,15,16)17/h4-7,9,12,18H,3,8H2,1-2H3. The lowest BCUT2D eigenvalue weighted by molar-refractivity contribution is 0.228. The molecule has 0 spiro atoms. The van der Waals surface area contributed by atoms with E-state index in [2.05, 4.69) is 0 Å². The highest BCUT2D eigenvalue weighted by molar-refractivity contribution is 8.45. The normalized spacial score (nSPS) is 19.4. The van der Waals surface area contributed by atoms with Crippen LogP contribution in [0.25, 0.3) is 0 Å². The van der Waals surface area contributed by atoms with Crippen LogP contribution in [-0.2, 0) is 0 Å². The van der Waals surface area contributed by atoms with Gasteiger partial charge >= 0.3 is 10.2 Å². The molecule has 0 fully saturated rings. The van der Waals surface area contributed by atoms with Crippen LogP contribution in [0.1, 0.15) is 31.7 Å². The SMILES string of the molecule is CCC(C)C(CO)c1ccc(S(F)(F)(F)(F)F)cc1. The monoisotopic (exact) mass is 304 g/mol. The molecule has 1 aromatic rings. The molecule has 7 heteroatoms. The molecule has 1 nitrogen and oxygen atoms in total. The predicted molar refractivity (Wildman–Crippen MR) is 67.1 cm³/mol. The molecular weight excluding hydrogens is 287 g/mol. The molecule has 0 aliphatic heterocycles. The molecule has 1 N–H and O–H groups in total. The van der Waals surface area contributed by atoms with E-state index in [-0.39, 0.29) is 18.4 Å². The molecule has 0 heterocycles. The zero-order chi connectivity index (χ0) is 15.0. The first-order valence-electron chi connectivity index (χ1n) is 5.84. The number of hydrogen-bond acceptors (Lipinski definition) is 1. The molecule has 19 heavy (non-hydrogen) atoms. The van der Waals surface area contributed by atoms with Gasteiger partial charge in [0.2, 0.25) is 0 Å². The zero-order valence-corrected chi connectivity index (χ0v) is 11.4. The summed E-state index contributed by atoms with van der Waals surface area (Å²) in [5.74, 6) is -0.298. The van der Waals surface area contributed by atoms with Crippen LogP contribution in [0.4, 0.5) is 19.4 Å². The third-order valence-electron chi connectivity index (χ3n) is 3.28. The van der Waals surface area contributed by atoms with Crippen molar-refractivity contribution < 1.29 is 24.5 Å². The Kier molecular flexibility index (Phi) is 3.71. The summed E-state index contributed by atoms with van der Waals surface area (Å²) >= 11 is 0. The highest BCUT2D eigenvalue weighted by Crippen LogP contribution is 3.02. The second kappa shape index (κ2) is 4.34. The zero-order valence-electron chi connectivity index (χ0n) is 10.6. The number of aliphatic hydroxyl groups excluding tert-OH is 1. The van der Waals surface area contributed by atoms with Crippen LogP contribution in [0.5, 0.6) is 0 Å². The van der Waals surface area contributed by atoms with Gasteiger partial charge in [-0.1, -0.05) is 51.8 Å². The number of hydrogen-bond donors (Lipinski definition) is 1. The van der Waals surface area contributed by atoms with Crippen molar-refractivity contribution in [2.45, 2.75) is 31.1 Å². The van der Waals surface area contributed by atoms with Crippen LogP contribution < -0.4 is 0 Å². The molecular formula is C12H17F5OS. The van der Waals surface area contributed by atoms with E-state index in [1.807, 2.05) is 13.8 Å². The van der Waals surface area contributed by atoms with Gasteiger partial charge in [-0.25, -0.2) is 0 Å². The quantitative estimate of drug-likeness (QED) is 0.715. The van der Waals surface area contributed by atoms with E-state index in [0.717, 1.165) is 18.6 Å². The van der Waals surface area contributed by atoms with E-state index in [0.29, 0.717) is 17.7 Å². The fourth-order valence-electron chi connectivity index (χ4n) is 1.87. The minimum Gasteiger partial charge on any atom is -0.396 e. The Balaban J connectivity index is 3.14. The summed E-state index contributed by atoms with van der Waals surface area (Å²) in [6, 6.07) is 2.81. The van der Waals surface area contributed by atoms with E-state index in [1.54, 1.807) is 0 Å². The third kappa shape index (κ3) is 4.07. The molecule has 2 atom stereocenters. The minimum absolute atomic E-state index is 0.0517. The Morgan fingerprint density at radius 1 is 1.05 bits per heavy atom. The first-order chi connectivity index (χ1) is 8.38. The first-order valence-corrected chi connectivity index (χ1v) is 7.79. The highest BCUT2D eigenvalue weighted by Gasteiger charge is 2.65. The molecule has 0 bridgehead atoms. The predicted octanol–water partition coefficient (Wildman–Crippen LogP) is 5.47. The van der Waals surface area contributed by atoms with E-state index in [4.69, 9.17) is 0 Å². The minimum atomic E-state index is -9.60. The molecule has 0 aliphatic rings. The van der Waals surface area contributed by atoms with Gasteiger partial charge in [-0.15, -0.1) is 0 Å². The van der Waals surface area contributed by atoms with Gasteiger partial charge in [0.05, 0.1) is 6.61 Å². The van der Waals surface area contributed by atoms with Crippen molar-refractivity contribution in [2.75, 3.05) is 6.61 Å². The van der Waals surface area contributed by atoms with Crippen molar-refractivity contribution in [2.24, 2.45) is 5.92 Å². The van der Waals surface area contributed by atoms with Crippen LogP contribution in [0.15, 0.2) is 29.2 Å². The average molecular weight is 304 g/mol. The molecule has 1 aromatic carbocycles. The Morgan fingerprint density at radius 3 is 1.84 bits per heavy atom. The van der Waals surface area contributed by atoms with Gasteiger partial charge in [0.1, 0.15) is 4.90 Å². The lowest BCUT2D eigenvalue weighted by Crippen LogP contribution is -2.14. The Hall–Kier alpha value is -0.820. The fraction of sp³-hybridized carbons (Fsp3) is 0.500. The number of benzene rings is 1. The van der Waals surface area contributed by atoms with E-state index >= 15 is 0 Å². The third-order valence-corrected chi connectivity index (χ3v) is 4.44. The molecule has 0 saturated heterocycles. The van der Waals surface area contributed by atoms with E-state index < -0.39 is 15.1 Å². The Labute approximate surface area is 109 Å². The van der Waals surface area contributed by atoms with Crippen LogP contribution in [-0.4, -0.2) is 11.7 Å². The highest BCUT2D eigenvalue weighted by atomic mass is 32.5. The summed E-state index contributed by atoms with van der Waals surface area (Å²) < 4.78 is 62.7. The molecule has 0 radical (unpaired) electrons. The fourth-order valence-corrected chi connectivity index (χ4v) is 2.52. The van der Waals surface area contributed by atoms with Gasteiger partial charge in [0, 0.05) is 5.92 Å². The van der Waals surface area contributed by atoms with Crippen LogP contribution in [0, 0.1) is 5.92 Å². The first kappa shape index (κ1) is 16.2. The van der Waals surface area contributed by atoms with Crippen molar-refractivity contribution in [1.29, 1.82) is 0 Å². The number of aliphatic hydroxyl groups is 1. The van der Waals surface area contributed by atoms with E-state index in [1.165, 1.54) is 0 Å². The molecule has 0 aliphatic carbocycles. The summed E-state index contributed by atoms with van der Waals surface area (Å²) in [6.07, 6.45) is 0.731. The lowest BCUT2D eigenvalue weighted by Gasteiger charge is -2.40. The van der Waals surface area contributed by atoms with Crippen molar-refractivity contribution in [1.82, 2.24) is 0 Å². The second-order valence-electron chi connectivity index (χ2n) is 4.71. The van der Waals surface area contributed by atoms with Crippen LogP contribution >= 0.6 is 10.2 Å². The van der Waals surface area contributed by atoms with Crippen molar-refractivity contribution >= 4 is 10.2 Å². The van der Waals surface area contributed by atoms with Gasteiger partial charge in [0.15, 0.2) is 0 Å². The Morgan fingerprint density at radius 2 is 1.53 bits per heavy atom. The Bertz CT molecular complexity index is 439. The summed E-state index contributed by atoms with van der Waals surface area (Å²) in [5, 5.41) is 9.25.